The highest BCUT2D eigenvalue weighted by Gasteiger charge is 2.22. The van der Waals surface area contributed by atoms with E-state index in [0.29, 0.717) is 26.3 Å². The van der Waals surface area contributed by atoms with Gasteiger partial charge in [0.1, 0.15) is 5.75 Å². The molecule has 21 heavy (non-hydrogen) atoms. The van der Waals surface area contributed by atoms with Crippen molar-refractivity contribution < 1.29 is 19.4 Å². The van der Waals surface area contributed by atoms with E-state index in [-0.39, 0.29) is 12.6 Å². The molecule has 1 saturated heterocycles. The SMILES string of the molecule is COc1ccc(C(O)CN(C)C(=O)N2CCOCC2)cc1. The predicted octanol–water partition coefficient (Wildman–Crippen LogP) is 1.11. The molecule has 0 bridgehead atoms. The molecule has 0 spiro atoms. The molecule has 0 aromatic heterocycles. The number of urea groups is 1. The highest BCUT2D eigenvalue weighted by Crippen LogP contribution is 2.18. The minimum absolute atomic E-state index is 0.0779. The summed E-state index contributed by atoms with van der Waals surface area (Å²) < 4.78 is 10.3. The van der Waals surface area contributed by atoms with Crippen molar-refractivity contribution in [1.82, 2.24) is 9.80 Å². The fraction of sp³-hybridized carbons (Fsp3) is 0.533. The third kappa shape index (κ3) is 4.09. The van der Waals surface area contributed by atoms with Crippen LogP contribution in [0.1, 0.15) is 11.7 Å². The molecule has 1 N–H and O–H groups in total. The Morgan fingerprint density at radius 1 is 1.38 bits per heavy atom. The van der Waals surface area contributed by atoms with Crippen molar-refractivity contribution in [2.24, 2.45) is 0 Å². The maximum Gasteiger partial charge on any atom is 0.320 e. The Hall–Kier alpha value is -1.79. The summed E-state index contributed by atoms with van der Waals surface area (Å²) in [6, 6.07) is 7.11. The summed E-state index contributed by atoms with van der Waals surface area (Å²) in [4.78, 5) is 15.5. The smallest absolute Gasteiger partial charge is 0.320 e. The summed E-state index contributed by atoms with van der Waals surface area (Å²) in [5.41, 5.74) is 0.762. The summed E-state index contributed by atoms with van der Waals surface area (Å²) in [6.07, 6.45) is -0.717. The van der Waals surface area contributed by atoms with Gasteiger partial charge in [0.2, 0.25) is 0 Å². The maximum absolute atomic E-state index is 12.2. The number of aliphatic hydroxyl groups is 1. The van der Waals surface area contributed by atoms with Crippen molar-refractivity contribution in [2.45, 2.75) is 6.10 Å². The number of methoxy groups -OCH3 is 1. The Morgan fingerprint density at radius 3 is 2.57 bits per heavy atom. The van der Waals surface area contributed by atoms with Crippen molar-refractivity contribution in [3.63, 3.8) is 0 Å². The van der Waals surface area contributed by atoms with Gasteiger partial charge in [0.05, 0.1) is 33.0 Å². The number of morpholine rings is 1. The molecule has 116 valence electrons. The Bertz CT molecular complexity index is 457. The van der Waals surface area contributed by atoms with E-state index in [1.807, 2.05) is 0 Å². The van der Waals surface area contributed by atoms with Gasteiger partial charge in [0.15, 0.2) is 0 Å². The third-order valence-corrected chi connectivity index (χ3v) is 3.56. The van der Waals surface area contributed by atoms with Crippen molar-refractivity contribution in [3.05, 3.63) is 29.8 Å². The number of hydrogen-bond donors (Lipinski definition) is 1. The number of amides is 2. The molecule has 0 aliphatic carbocycles. The fourth-order valence-electron chi connectivity index (χ4n) is 2.27. The molecule has 1 heterocycles. The van der Waals surface area contributed by atoms with Crippen molar-refractivity contribution >= 4 is 6.03 Å². The van der Waals surface area contributed by atoms with Gasteiger partial charge < -0.3 is 24.4 Å². The second-order valence-corrected chi connectivity index (χ2v) is 5.05. The molecule has 6 nitrogen and oxygen atoms in total. The van der Waals surface area contributed by atoms with Crippen molar-refractivity contribution in [3.8, 4) is 5.75 Å². The Labute approximate surface area is 124 Å². The lowest BCUT2D eigenvalue weighted by molar-refractivity contribution is 0.0407. The van der Waals surface area contributed by atoms with E-state index in [2.05, 4.69) is 0 Å². The van der Waals surface area contributed by atoms with Crippen LogP contribution in [0.2, 0.25) is 0 Å². The maximum atomic E-state index is 12.2. The van der Waals surface area contributed by atoms with Gasteiger partial charge in [-0.2, -0.15) is 0 Å². The summed E-state index contributed by atoms with van der Waals surface area (Å²) in [6.45, 7) is 2.59. The number of hydrogen-bond acceptors (Lipinski definition) is 4. The zero-order valence-electron chi connectivity index (χ0n) is 12.5. The molecule has 1 aliphatic heterocycles. The predicted molar refractivity (Wildman–Crippen MR) is 78.4 cm³/mol. The van der Waals surface area contributed by atoms with Crippen LogP contribution >= 0.6 is 0 Å². The number of carbonyl (C=O) groups excluding carboxylic acids is 1. The fourth-order valence-corrected chi connectivity index (χ4v) is 2.27. The zero-order chi connectivity index (χ0) is 15.2. The Kier molecular flexibility index (Phi) is 5.41. The van der Waals surface area contributed by atoms with E-state index in [4.69, 9.17) is 9.47 Å². The number of rotatable bonds is 4. The molecule has 1 aromatic carbocycles. The second kappa shape index (κ2) is 7.28. The molecule has 1 unspecified atom stereocenters. The number of ether oxygens (including phenoxy) is 2. The van der Waals surface area contributed by atoms with Gasteiger partial charge in [0.25, 0.3) is 0 Å². The molecule has 2 rings (SSSR count). The largest absolute Gasteiger partial charge is 0.497 e. The average Bonchev–Trinajstić information content (AvgIpc) is 2.55. The van der Waals surface area contributed by atoms with Gasteiger partial charge >= 0.3 is 6.03 Å². The van der Waals surface area contributed by atoms with Gasteiger partial charge in [0, 0.05) is 20.1 Å². The average molecular weight is 294 g/mol. The number of likely N-dealkylation sites (N-methyl/N-ethyl adjacent to an activating group) is 1. The first-order valence-electron chi connectivity index (χ1n) is 7.01. The normalized spacial score (nSPS) is 16.4. The van der Waals surface area contributed by atoms with Crippen molar-refractivity contribution in [2.75, 3.05) is 47.0 Å². The van der Waals surface area contributed by atoms with Crippen LogP contribution < -0.4 is 4.74 Å². The summed E-state index contributed by atoms with van der Waals surface area (Å²) in [5, 5.41) is 10.2. The van der Waals surface area contributed by atoms with Crippen LogP contribution in [-0.4, -0.2) is 67.9 Å². The van der Waals surface area contributed by atoms with E-state index in [9.17, 15) is 9.90 Å². The minimum atomic E-state index is -0.717. The Balaban J connectivity index is 1.90. The van der Waals surface area contributed by atoms with Crippen molar-refractivity contribution in [1.29, 1.82) is 0 Å². The lowest BCUT2D eigenvalue weighted by Gasteiger charge is -2.31. The highest BCUT2D eigenvalue weighted by molar-refractivity contribution is 5.74. The van der Waals surface area contributed by atoms with Crippen LogP contribution in [0, 0.1) is 0 Å². The van der Waals surface area contributed by atoms with Crippen LogP contribution in [-0.2, 0) is 4.74 Å². The number of nitrogens with zero attached hydrogens (tertiary/aromatic N) is 2. The van der Waals surface area contributed by atoms with Crippen LogP contribution in [0.15, 0.2) is 24.3 Å². The molecule has 6 heteroatoms. The molecule has 1 atom stereocenters. The van der Waals surface area contributed by atoms with E-state index in [1.165, 1.54) is 0 Å². The summed E-state index contributed by atoms with van der Waals surface area (Å²) >= 11 is 0. The van der Waals surface area contributed by atoms with E-state index >= 15 is 0 Å². The number of aliphatic hydroxyl groups excluding tert-OH is 1. The van der Waals surface area contributed by atoms with Crippen LogP contribution in [0.25, 0.3) is 0 Å². The van der Waals surface area contributed by atoms with Gasteiger partial charge in [-0.15, -0.1) is 0 Å². The van der Waals surface area contributed by atoms with Gasteiger partial charge in [-0.05, 0) is 17.7 Å². The number of benzene rings is 1. The minimum Gasteiger partial charge on any atom is -0.497 e. The Morgan fingerprint density at radius 2 is 2.00 bits per heavy atom. The zero-order valence-corrected chi connectivity index (χ0v) is 12.5. The van der Waals surface area contributed by atoms with Crippen LogP contribution in [0.4, 0.5) is 4.79 Å². The topological polar surface area (TPSA) is 62.2 Å². The summed E-state index contributed by atoms with van der Waals surface area (Å²) in [7, 11) is 3.30. The van der Waals surface area contributed by atoms with E-state index in [0.717, 1.165) is 11.3 Å². The summed E-state index contributed by atoms with van der Waals surface area (Å²) in [5.74, 6) is 0.740. The van der Waals surface area contributed by atoms with Gasteiger partial charge in [-0.3, -0.25) is 0 Å². The van der Waals surface area contributed by atoms with Crippen LogP contribution in [0.5, 0.6) is 5.75 Å². The molecule has 0 radical (unpaired) electrons. The first-order valence-corrected chi connectivity index (χ1v) is 7.01. The van der Waals surface area contributed by atoms with Gasteiger partial charge in [-0.1, -0.05) is 12.1 Å². The molecule has 0 saturated carbocycles. The van der Waals surface area contributed by atoms with Crippen LogP contribution in [0.3, 0.4) is 0 Å². The van der Waals surface area contributed by atoms with E-state index < -0.39 is 6.10 Å². The molecule has 1 aliphatic rings. The quantitative estimate of drug-likeness (QED) is 0.903. The second-order valence-electron chi connectivity index (χ2n) is 5.05. The highest BCUT2D eigenvalue weighted by atomic mass is 16.5. The standard InChI is InChI=1S/C15H22N2O4/c1-16(15(19)17-7-9-21-10-8-17)11-14(18)12-3-5-13(20-2)6-4-12/h3-6,14,18H,7-11H2,1-2H3. The third-order valence-electron chi connectivity index (χ3n) is 3.56. The van der Waals surface area contributed by atoms with E-state index in [1.54, 1.807) is 48.2 Å². The molecular weight excluding hydrogens is 272 g/mol. The monoisotopic (exact) mass is 294 g/mol. The first-order chi connectivity index (χ1) is 10.1. The lowest BCUT2D eigenvalue weighted by atomic mass is 10.1. The first kappa shape index (κ1) is 15.6. The lowest BCUT2D eigenvalue weighted by Crippen LogP contribution is -2.47. The molecule has 1 fully saturated rings. The molecular formula is C15H22N2O4. The van der Waals surface area contributed by atoms with Gasteiger partial charge in [-0.25, -0.2) is 4.79 Å². The molecule has 2 amide bonds. The number of carbonyl (C=O) groups is 1. The molecule has 1 aromatic rings.